The van der Waals surface area contributed by atoms with Crippen molar-refractivity contribution in [1.29, 1.82) is 0 Å². The first kappa shape index (κ1) is 21.1. The Hall–Kier alpha value is -3.17. The number of pyridine rings is 1. The quantitative estimate of drug-likeness (QED) is 0.674. The van der Waals surface area contributed by atoms with Crippen LogP contribution in [0.1, 0.15) is 66.2 Å². The van der Waals surface area contributed by atoms with E-state index in [1.807, 2.05) is 13.8 Å². The van der Waals surface area contributed by atoms with Gasteiger partial charge >= 0.3 is 6.18 Å². The van der Waals surface area contributed by atoms with Gasteiger partial charge in [0.2, 0.25) is 0 Å². The number of alkyl halides is 3. The molecule has 1 aliphatic rings. The number of hydrogen-bond donors (Lipinski definition) is 1. The highest BCUT2D eigenvalue weighted by molar-refractivity contribution is 5.93. The molecule has 10 heteroatoms. The van der Waals surface area contributed by atoms with E-state index in [0.29, 0.717) is 23.5 Å². The minimum absolute atomic E-state index is 0.202. The van der Waals surface area contributed by atoms with E-state index < -0.39 is 11.9 Å². The van der Waals surface area contributed by atoms with Gasteiger partial charge in [0.1, 0.15) is 11.4 Å². The lowest BCUT2D eigenvalue weighted by Crippen LogP contribution is -2.33. The highest BCUT2D eigenvalue weighted by Crippen LogP contribution is 2.33. The largest absolute Gasteiger partial charge is 0.433 e. The molecule has 164 valence electrons. The van der Waals surface area contributed by atoms with E-state index in [2.05, 4.69) is 20.5 Å². The molecule has 3 aromatic heterocycles. The molecule has 0 saturated carbocycles. The van der Waals surface area contributed by atoms with Crippen LogP contribution in [-0.2, 0) is 19.8 Å². The molecule has 1 aliphatic heterocycles. The lowest BCUT2D eigenvalue weighted by atomic mass is 10.0. The Morgan fingerprint density at radius 3 is 2.68 bits per heavy atom. The van der Waals surface area contributed by atoms with Crippen LogP contribution in [0, 0.1) is 0 Å². The molecule has 31 heavy (non-hydrogen) atoms. The molecule has 0 fully saturated rings. The molecular weight excluding hydrogens is 409 g/mol. The summed E-state index contributed by atoms with van der Waals surface area (Å²) in [5, 5.41) is 11.9. The topological polar surface area (TPSA) is 77.6 Å². The molecule has 1 atom stereocenters. The second-order valence-electron chi connectivity index (χ2n) is 8.01. The van der Waals surface area contributed by atoms with E-state index in [9.17, 15) is 18.0 Å². The number of amides is 1. The fourth-order valence-electron chi connectivity index (χ4n) is 3.73. The Labute approximate surface area is 177 Å². The first-order chi connectivity index (χ1) is 14.6. The summed E-state index contributed by atoms with van der Waals surface area (Å²) in [6, 6.07) is 5.72. The van der Waals surface area contributed by atoms with Crippen molar-refractivity contribution in [3.8, 4) is 11.3 Å². The average molecular weight is 432 g/mol. The number of fused-ring (bicyclic) bond motifs is 1. The maximum Gasteiger partial charge on any atom is 0.433 e. The third-order valence-corrected chi connectivity index (χ3v) is 5.41. The molecule has 1 N–H and O–H groups in total. The maximum atomic E-state index is 13.0. The van der Waals surface area contributed by atoms with Gasteiger partial charge in [-0.2, -0.15) is 23.4 Å². The van der Waals surface area contributed by atoms with E-state index in [4.69, 9.17) is 0 Å². The monoisotopic (exact) mass is 432 g/mol. The number of hydrogen-bond acceptors (Lipinski definition) is 4. The normalized spacial score (nSPS) is 16.4. The fourth-order valence-corrected chi connectivity index (χ4v) is 3.73. The van der Waals surface area contributed by atoms with Crippen molar-refractivity contribution in [2.75, 3.05) is 0 Å². The summed E-state index contributed by atoms with van der Waals surface area (Å²) in [5.74, 6) is -0.0419. The van der Waals surface area contributed by atoms with Crippen LogP contribution in [0.5, 0.6) is 0 Å². The van der Waals surface area contributed by atoms with Crippen LogP contribution in [0.25, 0.3) is 11.3 Å². The van der Waals surface area contributed by atoms with Crippen molar-refractivity contribution in [1.82, 2.24) is 29.9 Å². The summed E-state index contributed by atoms with van der Waals surface area (Å²) in [6.45, 7) is 4.66. The van der Waals surface area contributed by atoms with Crippen LogP contribution < -0.4 is 5.32 Å². The van der Waals surface area contributed by atoms with Crippen LogP contribution in [0.2, 0.25) is 0 Å². The highest BCUT2D eigenvalue weighted by atomic mass is 19.4. The van der Waals surface area contributed by atoms with E-state index in [0.717, 1.165) is 36.5 Å². The zero-order valence-electron chi connectivity index (χ0n) is 17.4. The predicted molar refractivity (Wildman–Crippen MR) is 107 cm³/mol. The van der Waals surface area contributed by atoms with Gasteiger partial charge in [0, 0.05) is 25.4 Å². The number of carbonyl (C=O) groups excluding carboxylic acids is 1. The molecule has 0 bridgehead atoms. The zero-order chi connectivity index (χ0) is 22.3. The fraction of sp³-hybridized carbons (Fsp3) is 0.429. The summed E-state index contributed by atoms with van der Waals surface area (Å²) < 4.78 is 42.4. The van der Waals surface area contributed by atoms with Gasteiger partial charge in [-0.25, -0.2) is 0 Å². The molecule has 4 heterocycles. The highest BCUT2D eigenvalue weighted by Gasteiger charge is 2.33. The standard InChI is InChI=1S/C21H23F3N6O/c1-12(2)15-10-18(29(3)27-15)20(31)26-14-5-4-8-30-17(14)11-16(28-30)13-6-7-25-19(9-13)21(22,23)24/h6-7,9-12,14H,4-5,8H2,1-3H3,(H,26,31)/t14-/m0/s1. The van der Waals surface area contributed by atoms with E-state index >= 15 is 0 Å². The van der Waals surface area contributed by atoms with Crippen molar-refractivity contribution in [2.24, 2.45) is 7.05 Å². The predicted octanol–water partition coefficient (Wildman–Crippen LogP) is 4.09. The van der Waals surface area contributed by atoms with Gasteiger partial charge in [-0.1, -0.05) is 13.8 Å². The number of aromatic nitrogens is 5. The van der Waals surface area contributed by atoms with Gasteiger partial charge < -0.3 is 5.32 Å². The summed E-state index contributed by atoms with van der Waals surface area (Å²) >= 11 is 0. The van der Waals surface area contributed by atoms with Crippen molar-refractivity contribution < 1.29 is 18.0 Å². The van der Waals surface area contributed by atoms with Gasteiger partial charge in [-0.3, -0.25) is 19.1 Å². The Bertz CT molecular complexity index is 1110. The molecule has 7 nitrogen and oxygen atoms in total. The second kappa shape index (κ2) is 7.82. The summed E-state index contributed by atoms with van der Waals surface area (Å²) in [7, 11) is 1.73. The van der Waals surface area contributed by atoms with Gasteiger partial charge in [0.05, 0.1) is 23.1 Å². The smallest absolute Gasteiger partial charge is 0.342 e. The number of aryl methyl sites for hydroxylation is 2. The van der Waals surface area contributed by atoms with Gasteiger partial charge in [0.15, 0.2) is 0 Å². The average Bonchev–Trinajstić information content (AvgIpc) is 3.32. The van der Waals surface area contributed by atoms with Crippen molar-refractivity contribution in [2.45, 2.75) is 51.4 Å². The molecule has 0 aromatic carbocycles. The second-order valence-corrected chi connectivity index (χ2v) is 8.01. The molecule has 0 saturated heterocycles. The summed E-state index contributed by atoms with van der Waals surface area (Å²) in [6.07, 6.45) is -1.88. The Kier molecular flexibility index (Phi) is 5.32. The molecular formula is C21H23F3N6O. The van der Waals surface area contributed by atoms with Crippen LogP contribution >= 0.6 is 0 Å². The molecule has 3 aromatic rings. The zero-order valence-corrected chi connectivity index (χ0v) is 17.4. The maximum absolute atomic E-state index is 13.0. The van der Waals surface area contributed by atoms with Gasteiger partial charge in [-0.05, 0) is 43.0 Å². The van der Waals surface area contributed by atoms with Crippen molar-refractivity contribution in [3.63, 3.8) is 0 Å². The first-order valence-corrected chi connectivity index (χ1v) is 10.1. The Balaban J connectivity index is 1.60. The number of nitrogens with one attached hydrogen (secondary N) is 1. The molecule has 0 aliphatic carbocycles. The van der Waals surface area contributed by atoms with Crippen molar-refractivity contribution >= 4 is 5.91 Å². The lowest BCUT2D eigenvalue weighted by Gasteiger charge is -2.24. The Morgan fingerprint density at radius 2 is 2.00 bits per heavy atom. The van der Waals surface area contributed by atoms with Crippen LogP contribution in [0.4, 0.5) is 13.2 Å². The minimum atomic E-state index is -4.52. The Morgan fingerprint density at radius 1 is 1.23 bits per heavy atom. The van der Waals surface area contributed by atoms with Crippen LogP contribution in [0.3, 0.4) is 0 Å². The van der Waals surface area contributed by atoms with E-state index in [-0.39, 0.29) is 17.9 Å². The van der Waals surface area contributed by atoms with E-state index in [1.54, 1.807) is 28.5 Å². The lowest BCUT2D eigenvalue weighted by molar-refractivity contribution is -0.141. The third kappa shape index (κ3) is 4.19. The first-order valence-electron chi connectivity index (χ1n) is 10.1. The minimum Gasteiger partial charge on any atom is -0.342 e. The molecule has 1 amide bonds. The number of carbonyl (C=O) groups is 1. The molecule has 0 unspecified atom stereocenters. The summed E-state index contributed by atoms with van der Waals surface area (Å²) in [4.78, 5) is 16.3. The van der Waals surface area contributed by atoms with Crippen molar-refractivity contribution in [3.05, 3.63) is 53.2 Å². The molecule has 4 rings (SSSR count). The number of nitrogens with zero attached hydrogens (tertiary/aromatic N) is 5. The number of rotatable bonds is 4. The van der Waals surface area contributed by atoms with Gasteiger partial charge in [0.25, 0.3) is 5.91 Å². The number of halogens is 3. The van der Waals surface area contributed by atoms with Crippen LogP contribution in [-0.4, -0.2) is 30.5 Å². The summed E-state index contributed by atoms with van der Waals surface area (Å²) in [5.41, 5.74) is 1.87. The molecule has 0 radical (unpaired) electrons. The van der Waals surface area contributed by atoms with Gasteiger partial charge in [-0.15, -0.1) is 0 Å². The SMILES string of the molecule is CC(C)c1cc(C(=O)N[C@H]2CCCn3nc(-c4ccnc(C(F)(F)F)c4)cc32)n(C)n1. The van der Waals surface area contributed by atoms with E-state index in [1.165, 1.54) is 6.07 Å². The third-order valence-electron chi connectivity index (χ3n) is 5.41. The molecule has 0 spiro atoms. The van der Waals surface area contributed by atoms with Crippen LogP contribution in [0.15, 0.2) is 30.5 Å².